The molecule has 0 aliphatic rings. The number of hydrogen-bond acceptors (Lipinski definition) is 2. The third-order valence-electron chi connectivity index (χ3n) is 2.24. The van der Waals surface area contributed by atoms with Crippen molar-refractivity contribution in [1.29, 1.82) is 0 Å². The van der Waals surface area contributed by atoms with Gasteiger partial charge < -0.3 is 9.47 Å². The Morgan fingerprint density at radius 2 is 1.44 bits per heavy atom. The van der Waals surface area contributed by atoms with Crippen LogP contribution in [-0.2, 0) is 0 Å². The average molecular weight is 261 g/mol. The summed E-state index contributed by atoms with van der Waals surface area (Å²) in [4.78, 5) is 0. The van der Waals surface area contributed by atoms with Crippen molar-refractivity contribution >= 4 is 11.6 Å². The number of rotatable bonds is 5. The second-order valence-electron chi connectivity index (χ2n) is 3.56. The fraction of sp³-hybridized carbons (Fsp3) is 0.0667. The van der Waals surface area contributed by atoms with Crippen molar-refractivity contribution in [2.24, 2.45) is 0 Å². The molecule has 0 spiro atoms. The van der Waals surface area contributed by atoms with E-state index in [-0.39, 0.29) is 0 Å². The van der Waals surface area contributed by atoms with Gasteiger partial charge in [-0.1, -0.05) is 29.8 Å². The molecule has 0 amide bonds. The van der Waals surface area contributed by atoms with Gasteiger partial charge in [0.25, 0.3) is 0 Å². The van der Waals surface area contributed by atoms with Gasteiger partial charge in [-0.3, -0.25) is 0 Å². The molecule has 0 fully saturated rings. The van der Waals surface area contributed by atoms with Gasteiger partial charge in [0.15, 0.2) is 0 Å². The topological polar surface area (TPSA) is 18.5 Å². The third kappa shape index (κ3) is 3.82. The van der Waals surface area contributed by atoms with E-state index in [1.807, 2.05) is 54.6 Å². The Hall–Kier alpha value is -1.93. The van der Waals surface area contributed by atoms with Crippen LogP contribution in [0.25, 0.3) is 0 Å². The second kappa shape index (κ2) is 6.72. The van der Waals surface area contributed by atoms with E-state index in [0.717, 1.165) is 17.2 Å². The predicted octanol–water partition coefficient (Wildman–Crippen LogP) is 4.61. The molecular weight excluding hydrogens is 248 g/mol. The summed E-state index contributed by atoms with van der Waals surface area (Å²) in [7, 11) is 0. The van der Waals surface area contributed by atoms with Crippen molar-refractivity contribution < 1.29 is 9.47 Å². The van der Waals surface area contributed by atoms with Crippen LogP contribution < -0.4 is 9.47 Å². The van der Waals surface area contributed by atoms with Gasteiger partial charge in [0, 0.05) is 5.54 Å². The minimum atomic E-state index is 0.461. The molecule has 0 saturated heterocycles. The molecule has 3 heteroatoms. The number of ether oxygens (including phenoxy) is 2. The van der Waals surface area contributed by atoms with Gasteiger partial charge in [0.1, 0.15) is 23.9 Å². The third-order valence-corrected chi connectivity index (χ3v) is 2.42. The molecule has 0 aliphatic carbocycles. The van der Waals surface area contributed by atoms with Gasteiger partial charge in [-0.15, -0.1) is 0 Å². The van der Waals surface area contributed by atoms with E-state index in [1.165, 1.54) is 5.54 Å². The highest BCUT2D eigenvalue weighted by molar-refractivity contribution is 6.25. The first-order chi connectivity index (χ1) is 8.88. The molecule has 0 N–H and O–H groups in total. The minimum absolute atomic E-state index is 0.461. The first-order valence-corrected chi connectivity index (χ1v) is 6.03. The number of para-hydroxylation sites is 1. The monoisotopic (exact) mass is 260 g/mol. The second-order valence-corrected chi connectivity index (χ2v) is 3.81. The molecule has 0 aliphatic heterocycles. The first kappa shape index (κ1) is 12.5. The van der Waals surface area contributed by atoms with Gasteiger partial charge in [0.2, 0.25) is 0 Å². The molecule has 92 valence electrons. The zero-order chi connectivity index (χ0) is 12.6. The van der Waals surface area contributed by atoms with Crippen LogP contribution in [0, 0.1) is 0 Å². The maximum absolute atomic E-state index is 5.67. The molecule has 2 rings (SSSR count). The van der Waals surface area contributed by atoms with E-state index in [1.54, 1.807) is 6.08 Å². The lowest BCUT2D eigenvalue weighted by atomic mass is 10.3. The molecule has 18 heavy (non-hydrogen) atoms. The molecule has 0 unspecified atom stereocenters. The molecular formula is C15H13ClO2. The van der Waals surface area contributed by atoms with E-state index >= 15 is 0 Å². The van der Waals surface area contributed by atoms with Gasteiger partial charge in [-0.2, -0.15) is 0 Å². The lowest BCUT2D eigenvalue weighted by molar-refractivity contribution is 0.362. The summed E-state index contributed by atoms with van der Waals surface area (Å²) < 4.78 is 11.1. The minimum Gasteiger partial charge on any atom is -0.489 e. The van der Waals surface area contributed by atoms with Crippen molar-refractivity contribution in [2.45, 2.75) is 0 Å². The van der Waals surface area contributed by atoms with Crippen LogP contribution in [0.5, 0.6) is 17.2 Å². The quantitative estimate of drug-likeness (QED) is 0.782. The van der Waals surface area contributed by atoms with E-state index in [4.69, 9.17) is 21.1 Å². The van der Waals surface area contributed by atoms with Crippen molar-refractivity contribution in [3.63, 3.8) is 0 Å². The highest BCUT2D eigenvalue weighted by Gasteiger charge is 1.97. The molecule has 2 nitrogen and oxygen atoms in total. The fourth-order valence-electron chi connectivity index (χ4n) is 1.41. The zero-order valence-electron chi connectivity index (χ0n) is 9.75. The van der Waals surface area contributed by atoms with Gasteiger partial charge >= 0.3 is 0 Å². The lowest BCUT2D eigenvalue weighted by Crippen LogP contribution is -1.92. The lowest BCUT2D eigenvalue weighted by Gasteiger charge is -2.07. The standard InChI is InChI=1S/C15H13ClO2/c16-11-4-12-17-13-7-9-15(10-8-13)18-14-5-2-1-3-6-14/h1-11H,12H2. The van der Waals surface area contributed by atoms with Gasteiger partial charge in [0.05, 0.1) is 0 Å². The zero-order valence-corrected chi connectivity index (χ0v) is 10.5. The molecule has 2 aromatic rings. The summed E-state index contributed by atoms with van der Waals surface area (Å²) >= 11 is 5.40. The largest absolute Gasteiger partial charge is 0.489 e. The van der Waals surface area contributed by atoms with E-state index in [2.05, 4.69) is 0 Å². The van der Waals surface area contributed by atoms with Crippen molar-refractivity contribution in [3.05, 3.63) is 66.2 Å². The number of halogens is 1. The van der Waals surface area contributed by atoms with Crippen LogP contribution in [0.1, 0.15) is 0 Å². The summed E-state index contributed by atoms with van der Waals surface area (Å²) in [5.74, 6) is 2.38. The Morgan fingerprint density at radius 3 is 2.11 bits per heavy atom. The highest BCUT2D eigenvalue weighted by atomic mass is 35.5. The SMILES string of the molecule is ClC=CCOc1ccc(Oc2ccccc2)cc1. The smallest absolute Gasteiger partial charge is 0.127 e. The average Bonchev–Trinajstić information content (AvgIpc) is 2.42. The number of benzene rings is 2. The molecule has 0 atom stereocenters. The summed E-state index contributed by atoms with van der Waals surface area (Å²) in [5, 5.41) is 0. The highest BCUT2D eigenvalue weighted by Crippen LogP contribution is 2.23. The summed E-state index contributed by atoms with van der Waals surface area (Å²) in [6.07, 6.45) is 1.73. The van der Waals surface area contributed by atoms with Crippen LogP contribution in [0.2, 0.25) is 0 Å². The normalized spacial score (nSPS) is 10.5. The van der Waals surface area contributed by atoms with Crippen LogP contribution in [0.15, 0.2) is 66.2 Å². The Bertz CT molecular complexity index is 492. The summed E-state index contributed by atoms with van der Waals surface area (Å²) in [6.45, 7) is 0.461. The summed E-state index contributed by atoms with van der Waals surface area (Å²) in [5.41, 5.74) is 1.44. The Balaban J connectivity index is 1.95. The van der Waals surface area contributed by atoms with Crippen LogP contribution >= 0.6 is 11.6 Å². The first-order valence-electron chi connectivity index (χ1n) is 5.59. The Kier molecular flexibility index (Phi) is 4.68. The summed E-state index contributed by atoms with van der Waals surface area (Å²) in [6, 6.07) is 17.1. The van der Waals surface area contributed by atoms with Gasteiger partial charge in [-0.05, 0) is 42.5 Å². The van der Waals surface area contributed by atoms with Crippen molar-refractivity contribution in [2.75, 3.05) is 6.61 Å². The van der Waals surface area contributed by atoms with E-state index < -0.39 is 0 Å². The molecule has 0 bridgehead atoms. The maximum Gasteiger partial charge on any atom is 0.127 e. The number of hydrogen-bond donors (Lipinski definition) is 0. The molecule has 0 aromatic heterocycles. The van der Waals surface area contributed by atoms with Gasteiger partial charge in [-0.25, -0.2) is 0 Å². The Labute approximate surface area is 111 Å². The van der Waals surface area contributed by atoms with Crippen LogP contribution in [0.3, 0.4) is 0 Å². The molecule has 2 aromatic carbocycles. The maximum atomic E-state index is 5.67. The molecule has 0 radical (unpaired) electrons. The molecule has 0 saturated carbocycles. The van der Waals surface area contributed by atoms with E-state index in [9.17, 15) is 0 Å². The van der Waals surface area contributed by atoms with Crippen molar-refractivity contribution in [3.8, 4) is 17.2 Å². The van der Waals surface area contributed by atoms with Crippen LogP contribution in [-0.4, -0.2) is 6.61 Å². The Morgan fingerprint density at radius 1 is 0.833 bits per heavy atom. The van der Waals surface area contributed by atoms with E-state index in [0.29, 0.717) is 6.61 Å². The van der Waals surface area contributed by atoms with Crippen molar-refractivity contribution in [1.82, 2.24) is 0 Å². The predicted molar refractivity (Wildman–Crippen MR) is 73.4 cm³/mol. The van der Waals surface area contributed by atoms with Crippen LogP contribution in [0.4, 0.5) is 0 Å². The fourth-order valence-corrected chi connectivity index (χ4v) is 1.48. The molecule has 0 heterocycles.